The minimum absolute atomic E-state index is 0.0738. The van der Waals surface area contributed by atoms with E-state index in [0.717, 1.165) is 19.2 Å². The highest BCUT2D eigenvalue weighted by molar-refractivity contribution is 9.10. The zero-order chi connectivity index (χ0) is 14.1. The molecule has 0 unspecified atom stereocenters. The molecule has 0 heterocycles. The predicted molar refractivity (Wildman–Crippen MR) is 64.3 cm³/mol. The second-order valence-corrected chi connectivity index (χ2v) is 6.35. The van der Waals surface area contributed by atoms with Crippen LogP contribution in [0, 0.1) is 5.82 Å². The highest BCUT2D eigenvalue weighted by atomic mass is 79.9. The van der Waals surface area contributed by atoms with Crippen LogP contribution in [-0.2, 0) is 10.0 Å². The molecular formula is C9H10BrF3N2O2S. The topological polar surface area (TPSA) is 63.4 Å². The maximum Gasteiger partial charge on any atom is 0.252 e. The number of hydrogen-bond acceptors (Lipinski definition) is 3. The summed E-state index contributed by atoms with van der Waals surface area (Å²) in [6, 6.07) is 1.76. The quantitative estimate of drug-likeness (QED) is 0.848. The molecular weight excluding hydrogens is 337 g/mol. The Bertz CT molecular complexity index is 551. The third kappa shape index (κ3) is 3.15. The Morgan fingerprint density at radius 2 is 2.00 bits per heavy atom. The van der Waals surface area contributed by atoms with E-state index >= 15 is 0 Å². The molecule has 9 heteroatoms. The Hall–Kier alpha value is -0.800. The summed E-state index contributed by atoms with van der Waals surface area (Å²) >= 11 is 2.86. The molecule has 0 aromatic heterocycles. The normalized spacial score (nSPS) is 12.4. The molecule has 102 valence electrons. The van der Waals surface area contributed by atoms with Crippen LogP contribution in [0.4, 0.5) is 18.9 Å². The van der Waals surface area contributed by atoms with Crippen LogP contribution >= 0.6 is 15.9 Å². The number of nitrogens with zero attached hydrogens (tertiary/aromatic N) is 1. The maximum atomic E-state index is 13.1. The van der Waals surface area contributed by atoms with Gasteiger partial charge in [-0.15, -0.1) is 0 Å². The van der Waals surface area contributed by atoms with Crippen LogP contribution in [0.15, 0.2) is 21.5 Å². The van der Waals surface area contributed by atoms with Crippen LogP contribution in [0.1, 0.15) is 0 Å². The standard InChI is InChI=1S/C9H10BrF3N2O2S/c1-15(4-9(12)13)18(16,17)8-3-7(14)6(11)2-5(8)10/h2-3,9H,4,14H2,1H3. The van der Waals surface area contributed by atoms with Gasteiger partial charge in [-0.1, -0.05) is 0 Å². The van der Waals surface area contributed by atoms with Gasteiger partial charge in [0, 0.05) is 11.5 Å². The molecule has 0 aliphatic rings. The van der Waals surface area contributed by atoms with Crippen LogP contribution in [0.2, 0.25) is 0 Å². The Balaban J connectivity index is 3.24. The maximum absolute atomic E-state index is 13.1. The molecule has 0 bridgehead atoms. The molecule has 0 atom stereocenters. The van der Waals surface area contributed by atoms with Crippen LogP contribution in [0.5, 0.6) is 0 Å². The van der Waals surface area contributed by atoms with E-state index < -0.39 is 28.8 Å². The number of benzene rings is 1. The zero-order valence-corrected chi connectivity index (χ0v) is 11.6. The van der Waals surface area contributed by atoms with Crippen molar-refractivity contribution < 1.29 is 21.6 Å². The van der Waals surface area contributed by atoms with E-state index in [9.17, 15) is 21.6 Å². The summed E-state index contributed by atoms with van der Waals surface area (Å²) in [5.74, 6) is -0.794. The van der Waals surface area contributed by atoms with Crippen molar-refractivity contribution in [3.05, 3.63) is 22.4 Å². The monoisotopic (exact) mass is 346 g/mol. The number of rotatable bonds is 4. The smallest absolute Gasteiger partial charge is 0.252 e. The van der Waals surface area contributed by atoms with Crippen molar-refractivity contribution in [2.75, 3.05) is 19.3 Å². The predicted octanol–water partition coefficient (Wildman–Crippen LogP) is 2.06. The summed E-state index contributed by atoms with van der Waals surface area (Å²) in [5, 5.41) is 0. The van der Waals surface area contributed by atoms with Crippen molar-refractivity contribution in [3.8, 4) is 0 Å². The molecule has 0 spiro atoms. The second kappa shape index (κ2) is 5.45. The highest BCUT2D eigenvalue weighted by Gasteiger charge is 2.26. The molecule has 1 rings (SSSR count). The molecule has 1 aromatic rings. The van der Waals surface area contributed by atoms with Crippen molar-refractivity contribution >= 4 is 31.6 Å². The number of sulfonamides is 1. The van der Waals surface area contributed by atoms with Crippen molar-refractivity contribution in [2.45, 2.75) is 11.3 Å². The van der Waals surface area contributed by atoms with Gasteiger partial charge in [0.1, 0.15) is 5.82 Å². The first kappa shape index (κ1) is 15.3. The fourth-order valence-electron chi connectivity index (χ4n) is 1.20. The Kier molecular flexibility index (Phi) is 4.62. The van der Waals surface area contributed by atoms with Gasteiger partial charge >= 0.3 is 0 Å². The molecule has 0 saturated heterocycles. The first-order valence-electron chi connectivity index (χ1n) is 4.65. The summed E-state index contributed by atoms with van der Waals surface area (Å²) in [6.07, 6.45) is -2.80. The largest absolute Gasteiger partial charge is 0.396 e. The van der Waals surface area contributed by atoms with E-state index in [1.165, 1.54) is 0 Å². The molecule has 0 fully saturated rings. The molecule has 0 aliphatic carbocycles. The second-order valence-electron chi connectivity index (χ2n) is 3.48. The first-order valence-corrected chi connectivity index (χ1v) is 6.88. The number of anilines is 1. The fraction of sp³-hybridized carbons (Fsp3) is 0.333. The SMILES string of the molecule is CN(CC(F)F)S(=O)(=O)c1cc(N)c(F)cc1Br. The van der Waals surface area contributed by atoms with E-state index in [1.807, 2.05) is 0 Å². The molecule has 1 aromatic carbocycles. The van der Waals surface area contributed by atoms with E-state index in [1.54, 1.807) is 0 Å². The molecule has 0 aliphatic heterocycles. The molecule has 18 heavy (non-hydrogen) atoms. The molecule has 0 radical (unpaired) electrons. The Labute approximate surface area is 111 Å². The van der Waals surface area contributed by atoms with E-state index in [2.05, 4.69) is 15.9 Å². The van der Waals surface area contributed by atoms with Crippen molar-refractivity contribution in [1.29, 1.82) is 0 Å². The van der Waals surface area contributed by atoms with Gasteiger partial charge in [-0.3, -0.25) is 0 Å². The average Bonchev–Trinajstić information content (AvgIpc) is 2.22. The van der Waals surface area contributed by atoms with Gasteiger partial charge in [-0.05, 0) is 28.1 Å². The minimum atomic E-state index is -4.14. The van der Waals surface area contributed by atoms with Crippen molar-refractivity contribution in [1.82, 2.24) is 4.31 Å². The summed E-state index contributed by atoms with van der Waals surface area (Å²) in [7, 11) is -3.14. The Morgan fingerprint density at radius 1 is 1.44 bits per heavy atom. The molecule has 0 amide bonds. The van der Waals surface area contributed by atoms with Crippen LogP contribution in [0.25, 0.3) is 0 Å². The van der Waals surface area contributed by atoms with Gasteiger partial charge in [0.2, 0.25) is 10.0 Å². The first-order chi connectivity index (χ1) is 8.16. The van der Waals surface area contributed by atoms with Gasteiger partial charge in [0.25, 0.3) is 6.43 Å². The summed E-state index contributed by atoms with van der Waals surface area (Å²) in [4.78, 5) is -0.357. The Morgan fingerprint density at radius 3 is 2.50 bits per heavy atom. The van der Waals surface area contributed by atoms with Crippen molar-refractivity contribution in [3.63, 3.8) is 0 Å². The summed E-state index contributed by atoms with van der Waals surface area (Å²) < 4.78 is 61.7. The van der Waals surface area contributed by atoms with E-state index in [-0.39, 0.29) is 15.1 Å². The highest BCUT2D eigenvalue weighted by Crippen LogP contribution is 2.28. The number of hydrogen-bond donors (Lipinski definition) is 1. The van der Waals surface area contributed by atoms with Gasteiger partial charge in [-0.25, -0.2) is 21.6 Å². The summed E-state index contributed by atoms with van der Waals surface area (Å²) in [5.41, 5.74) is 4.89. The van der Waals surface area contributed by atoms with Crippen LogP contribution in [0.3, 0.4) is 0 Å². The molecule has 4 nitrogen and oxygen atoms in total. The molecule has 2 N–H and O–H groups in total. The van der Waals surface area contributed by atoms with Crippen LogP contribution in [-0.4, -0.2) is 32.7 Å². The van der Waals surface area contributed by atoms with Gasteiger partial charge in [-0.2, -0.15) is 4.31 Å². The number of alkyl halides is 2. The molecule has 0 saturated carbocycles. The van der Waals surface area contributed by atoms with Gasteiger partial charge in [0.15, 0.2) is 0 Å². The minimum Gasteiger partial charge on any atom is -0.396 e. The van der Waals surface area contributed by atoms with Gasteiger partial charge < -0.3 is 5.73 Å². The van der Waals surface area contributed by atoms with E-state index in [0.29, 0.717) is 4.31 Å². The van der Waals surface area contributed by atoms with Crippen molar-refractivity contribution in [2.24, 2.45) is 0 Å². The summed E-state index contributed by atoms with van der Waals surface area (Å²) in [6.45, 7) is -0.952. The lowest BCUT2D eigenvalue weighted by molar-refractivity contribution is 0.126. The lowest BCUT2D eigenvalue weighted by atomic mass is 10.3. The van der Waals surface area contributed by atoms with Crippen LogP contribution < -0.4 is 5.73 Å². The average molecular weight is 347 g/mol. The third-order valence-corrected chi connectivity index (χ3v) is 4.92. The third-order valence-electron chi connectivity index (χ3n) is 2.13. The lowest BCUT2D eigenvalue weighted by Crippen LogP contribution is -2.31. The fourth-order valence-corrected chi connectivity index (χ4v) is 3.36. The number of nitrogens with two attached hydrogens (primary N) is 1. The van der Waals surface area contributed by atoms with E-state index in [4.69, 9.17) is 5.73 Å². The van der Waals surface area contributed by atoms with Gasteiger partial charge in [0.05, 0.1) is 17.1 Å². The zero-order valence-electron chi connectivity index (χ0n) is 9.20. The number of halogens is 4. The lowest BCUT2D eigenvalue weighted by Gasteiger charge is -2.18. The number of nitrogen functional groups attached to an aromatic ring is 1.